The highest BCUT2D eigenvalue weighted by Gasteiger charge is 2.36. The molecule has 9 heteroatoms. The van der Waals surface area contributed by atoms with Gasteiger partial charge in [0, 0.05) is 28.7 Å². The second-order valence-corrected chi connectivity index (χ2v) is 6.82. The average Bonchev–Trinajstić information content (AvgIpc) is 3.09. The number of hydrogen-bond donors (Lipinski definition) is 2. The minimum atomic E-state index is -0.769. The normalized spacial score (nSPS) is 17.4. The van der Waals surface area contributed by atoms with E-state index in [0.717, 1.165) is 11.4 Å². The first kappa shape index (κ1) is 18.5. The molecule has 0 unspecified atom stereocenters. The van der Waals surface area contributed by atoms with E-state index in [0.29, 0.717) is 28.6 Å². The lowest BCUT2D eigenvalue weighted by atomic mass is 9.96. The molecule has 26 heavy (non-hydrogen) atoms. The predicted octanol–water partition coefficient (Wildman–Crippen LogP) is 2.94. The number of methoxy groups -OCH3 is 1. The molecule has 0 spiro atoms. The van der Waals surface area contributed by atoms with Crippen LogP contribution >= 0.6 is 23.2 Å². The number of imidazole rings is 1. The Morgan fingerprint density at radius 2 is 2.19 bits per heavy atom. The van der Waals surface area contributed by atoms with Crippen molar-refractivity contribution in [3.05, 3.63) is 51.5 Å². The summed E-state index contributed by atoms with van der Waals surface area (Å²) in [4.78, 5) is 33.5. The maximum Gasteiger partial charge on any atom is 0.328 e. The van der Waals surface area contributed by atoms with Crippen molar-refractivity contribution in [1.82, 2.24) is 20.2 Å². The molecule has 2 N–H and O–H groups in total. The number of esters is 1. The number of carbonyl (C=O) groups is 2. The van der Waals surface area contributed by atoms with E-state index >= 15 is 0 Å². The fraction of sp³-hybridized carbons (Fsp3) is 0.353. The maximum atomic E-state index is 12.8. The van der Waals surface area contributed by atoms with E-state index in [2.05, 4.69) is 20.0 Å². The second-order valence-electron chi connectivity index (χ2n) is 5.97. The maximum absolute atomic E-state index is 12.8. The lowest BCUT2D eigenvalue weighted by molar-refractivity contribution is -0.142. The number of nitrogens with one attached hydrogen (secondary N) is 2. The first-order valence-electron chi connectivity index (χ1n) is 8.04. The third-order valence-corrected chi connectivity index (χ3v) is 4.90. The Hall–Kier alpha value is -2.25. The summed E-state index contributed by atoms with van der Waals surface area (Å²) in [6.07, 6.45) is 2.22. The summed E-state index contributed by atoms with van der Waals surface area (Å²) in [7, 11) is 1.28. The fourth-order valence-electron chi connectivity index (χ4n) is 3.04. The Labute approximate surface area is 160 Å². The van der Waals surface area contributed by atoms with Gasteiger partial charge in [-0.1, -0.05) is 29.3 Å². The van der Waals surface area contributed by atoms with Gasteiger partial charge in [0.1, 0.15) is 12.1 Å². The molecule has 138 valence electrons. The lowest BCUT2D eigenvalue weighted by Gasteiger charge is -2.36. The summed E-state index contributed by atoms with van der Waals surface area (Å²) >= 11 is 12.4. The van der Waals surface area contributed by atoms with Gasteiger partial charge in [0.15, 0.2) is 0 Å². The Balaban J connectivity index is 1.96. The summed E-state index contributed by atoms with van der Waals surface area (Å²) in [5.74, 6) is -0.517. The Bertz CT molecular complexity index is 839. The van der Waals surface area contributed by atoms with E-state index in [1.54, 1.807) is 36.4 Å². The molecule has 2 heterocycles. The van der Waals surface area contributed by atoms with Gasteiger partial charge in [0.25, 0.3) is 0 Å². The molecule has 2 aromatic rings. The quantitative estimate of drug-likeness (QED) is 0.780. The second kappa shape index (κ2) is 7.55. The van der Waals surface area contributed by atoms with Crippen LogP contribution in [0.25, 0.3) is 0 Å². The Morgan fingerprint density at radius 1 is 1.42 bits per heavy atom. The minimum absolute atomic E-state index is 0.396. The summed E-state index contributed by atoms with van der Waals surface area (Å²) < 4.78 is 4.66. The summed E-state index contributed by atoms with van der Waals surface area (Å²) in [6, 6.07) is 3.48. The molecule has 1 aliphatic heterocycles. The molecule has 0 saturated carbocycles. The van der Waals surface area contributed by atoms with Gasteiger partial charge in [-0.2, -0.15) is 0 Å². The molecular formula is C17H18Cl2N4O3. The molecule has 0 fully saturated rings. The van der Waals surface area contributed by atoms with Crippen molar-refractivity contribution in [1.29, 1.82) is 0 Å². The number of benzene rings is 1. The van der Waals surface area contributed by atoms with Gasteiger partial charge < -0.3 is 19.9 Å². The molecule has 1 aromatic carbocycles. The number of aromatic amines is 1. The minimum Gasteiger partial charge on any atom is -0.467 e. The zero-order chi connectivity index (χ0) is 18.8. The number of carbonyl (C=O) groups excluding carboxylic acids is 2. The van der Waals surface area contributed by atoms with Crippen LogP contribution < -0.4 is 5.32 Å². The highest BCUT2D eigenvalue weighted by Crippen LogP contribution is 2.37. The average molecular weight is 397 g/mol. The van der Waals surface area contributed by atoms with Gasteiger partial charge in [-0.15, -0.1) is 0 Å². The first-order chi connectivity index (χ1) is 12.4. The number of fused-ring (bicyclic) bond motifs is 1. The summed E-state index contributed by atoms with van der Waals surface area (Å²) in [5, 5.41) is 3.61. The van der Waals surface area contributed by atoms with Crippen molar-refractivity contribution in [2.75, 3.05) is 13.7 Å². The van der Waals surface area contributed by atoms with Crippen LogP contribution in [0.4, 0.5) is 4.79 Å². The molecule has 1 aliphatic rings. The van der Waals surface area contributed by atoms with Crippen LogP contribution in [-0.2, 0) is 16.0 Å². The van der Waals surface area contributed by atoms with Gasteiger partial charge in [0.05, 0.1) is 19.1 Å². The Morgan fingerprint density at radius 3 is 2.88 bits per heavy atom. The van der Waals surface area contributed by atoms with E-state index in [4.69, 9.17) is 23.2 Å². The van der Waals surface area contributed by atoms with Crippen molar-refractivity contribution in [3.63, 3.8) is 0 Å². The van der Waals surface area contributed by atoms with Crippen LogP contribution in [-0.4, -0.2) is 46.6 Å². The fourth-order valence-corrected chi connectivity index (χ4v) is 3.55. The van der Waals surface area contributed by atoms with E-state index in [-0.39, 0.29) is 0 Å². The topological polar surface area (TPSA) is 87.3 Å². The number of urea groups is 1. The van der Waals surface area contributed by atoms with Crippen LogP contribution in [0.5, 0.6) is 0 Å². The zero-order valence-corrected chi connectivity index (χ0v) is 15.8. The molecule has 3 rings (SSSR count). The predicted molar refractivity (Wildman–Crippen MR) is 97.3 cm³/mol. The van der Waals surface area contributed by atoms with Crippen LogP contribution in [0, 0.1) is 0 Å². The van der Waals surface area contributed by atoms with Crippen molar-refractivity contribution in [3.8, 4) is 0 Å². The monoisotopic (exact) mass is 396 g/mol. The summed E-state index contributed by atoms with van der Waals surface area (Å²) in [5.41, 5.74) is 2.39. The van der Waals surface area contributed by atoms with Crippen LogP contribution in [0.1, 0.15) is 29.9 Å². The molecule has 1 aromatic heterocycles. The van der Waals surface area contributed by atoms with Gasteiger partial charge >= 0.3 is 12.0 Å². The molecule has 2 atom stereocenters. The number of nitrogens with zero attached hydrogens (tertiary/aromatic N) is 2. The number of hydrogen-bond acceptors (Lipinski definition) is 4. The number of rotatable bonds is 3. The van der Waals surface area contributed by atoms with Gasteiger partial charge in [-0.3, -0.25) is 0 Å². The summed E-state index contributed by atoms with van der Waals surface area (Å²) in [6.45, 7) is 2.01. The van der Waals surface area contributed by atoms with Gasteiger partial charge in [-0.05, 0) is 24.6 Å². The number of halogens is 2. The molecule has 0 aliphatic carbocycles. The van der Waals surface area contributed by atoms with Crippen molar-refractivity contribution in [2.45, 2.75) is 25.4 Å². The SMILES string of the molecule is COC(=O)[C@@H](C)NC(=O)N1CCc2[nH]cnc2[C@H]1c1ccc(Cl)cc1Cl. The largest absolute Gasteiger partial charge is 0.467 e. The van der Waals surface area contributed by atoms with Gasteiger partial charge in [0.2, 0.25) is 0 Å². The third-order valence-electron chi connectivity index (χ3n) is 4.34. The van der Waals surface area contributed by atoms with E-state index < -0.39 is 24.1 Å². The Kier molecular flexibility index (Phi) is 5.38. The standard InChI is InChI=1S/C17H18Cl2N4O3/c1-9(16(24)26-2)22-17(25)23-6-5-13-14(21-8-20-13)15(23)11-4-3-10(18)7-12(11)19/h3-4,7-9,15H,5-6H2,1-2H3,(H,20,21)(H,22,25)/t9-,15-/m1/s1. The van der Waals surface area contributed by atoms with Crippen molar-refractivity contribution in [2.24, 2.45) is 0 Å². The third kappa shape index (κ3) is 3.50. The molecule has 0 bridgehead atoms. The van der Waals surface area contributed by atoms with Crippen molar-refractivity contribution >= 4 is 35.2 Å². The number of aromatic nitrogens is 2. The number of amides is 2. The van der Waals surface area contributed by atoms with Crippen LogP contribution in [0.2, 0.25) is 10.0 Å². The van der Waals surface area contributed by atoms with Crippen LogP contribution in [0.3, 0.4) is 0 Å². The smallest absolute Gasteiger partial charge is 0.328 e. The molecule has 2 amide bonds. The highest BCUT2D eigenvalue weighted by molar-refractivity contribution is 6.35. The van der Waals surface area contributed by atoms with Gasteiger partial charge in [-0.25, -0.2) is 14.6 Å². The van der Waals surface area contributed by atoms with Crippen LogP contribution in [0.15, 0.2) is 24.5 Å². The zero-order valence-electron chi connectivity index (χ0n) is 14.3. The molecule has 0 saturated heterocycles. The number of ether oxygens (including phenoxy) is 1. The molecular weight excluding hydrogens is 379 g/mol. The van der Waals surface area contributed by atoms with E-state index in [9.17, 15) is 9.59 Å². The van der Waals surface area contributed by atoms with E-state index in [1.807, 2.05) is 0 Å². The molecule has 0 radical (unpaired) electrons. The van der Waals surface area contributed by atoms with E-state index in [1.165, 1.54) is 7.11 Å². The van der Waals surface area contributed by atoms with Crippen molar-refractivity contribution < 1.29 is 14.3 Å². The first-order valence-corrected chi connectivity index (χ1v) is 8.80. The highest BCUT2D eigenvalue weighted by atomic mass is 35.5. The lowest BCUT2D eigenvalue weighted by Crippen LogP contribution is -2.50. The molecule has 7 nitrogen and oxygen atoms in total. The number of H-pyrrole nitrogens is 1.